The van der Waals surface area contributed by atoms with Crippen molar-refractivity contribution in [1.29, 1.82) is 5.41 Å². The Morgan fingerprint density at radius 3 is 2.26 bits per heavy atom. The van der Waals surface area contributed by atoms with Crippen LogP contribution in [0.1, 0.15) is 20.8 Å². The molecule has 2 N–H and O–H groups in total. The molecule has 5 heteroatoms. The van der Waals surface area contributed by atoms with E-state index in [0.29, 0.717) is 17.3 Å². The first-order valence-electron chi connectivity index (χ1n) is 6.24. The molecule has 0 spiro atoms. The summed E-state index contributed by atoms with van der Waals surface area (Å²) >= 11 is 0. The molecule has 0 fully saturated rings. The molecule has 0 aromatic heterocycles. The first-order valence-corrected chi connectivity index (χ1v) is 6.24. The van der Waals surface area contributed by atoms with E-state index in [0.717, 1.165) is 0 Å². The molecule has 0 saturated heterocycles. The van der Waals surface area contributed by atoms with Crippen molar-refractivity contribution in [2.45, 2.75) is 20.8 Å². The van der Waals surface area contributed by atoms with Crippen LogP contribution in [-0.4, -0.2) is 6.54 Å². The molecule has 0 saturated carbocycles. The fourth-order valence-corrected chi connectivity index (χ4v) is 1.64. The number of fused-ring (bicyclic) bond motifs is 1. The zero-order valence-electron chi connectivity index (χ0n) is 11.3. The summed E-state index contributed by atoms with van der Waals surface area (Å²) in [6, 6.07) is 6.69. The van der Waals surface area contributed by atoms with Crippen molar-refractivity contribution in [2.24, 2.45) is 5.10 Å². The standard InChI is InChI=1S/C12H11N3O2.C2H6/c1-2-14-15-10-7-5-3-4-6-8(7)11(16)12(17)9(10)13;1-2/h3-6,13-14H,2H2,1H3;1-2H3/b13-9?,15-10-;. The molecule has 0 aliphatic carbocycles. The van der Waals surface area contributed by atoms with E-state index in [2.05, 4.69) is 10.5 Å². The summed E-state index contributed by atoms with van der Waals surface area (Å²) in [4.78, 5) is 23.3. The average Bonchev–Trinajstić information content (AvgIpc) is 2.47. The van der Waals surface area contributed by atoms with Gasteiger partial charge < -0.3 is 5.43 Å². The highest BCUT2D eigenvalue weighted by Gasteiger charge is 2.07. The van der Waals surface area contributed by atoms with Gasteiger partial charge in [-0.05, 0) is 6.92 Å². The molecule has 2 rings (SSSR count). The van der Waals surface area contributed by atoms with Gasteiger partial charge in [-0.25, -0.2) is 0 Å². The molecule has 0 atom stereocenters. The Labute approximate surface area is 110 Å². The second-order valence-corrected chi connectivity index (χ2v) is 3.55. The smallest absolute Gasteiger partial charge is 0.253 e. The molecular weight excluding hydrogens is 242 g/mol. The summed E-state index contributed by atoms with van der Waals surface area (Å²) in [5, 5.41) is 12.3. The number of benzene rings is 2. The molecule has 19 heavy (non-hydrogen) atoms. The van der Waals surface area contributed by atoms with Gasteiger partial charge in [0.1, 0.15) is 10.7 Å². The van der Waals surface area contributed by atoms with Crippen molar-refractivity contribution >= 4 is 10.8 Å². The van der Waals surface area contributed by atoms with Gasteiger partial charge >= 0.3 is 0 Å². The number of nitrogens with one attached hydrogen (secondary N) is 2. The zero-order valence-corrected chi connectivity index (χ0v) is 11.3. The molecule has 0 heterocycles. The number of hydrogen-bond acceptors (Lipinski definition) is 5. The molecule has 5 nitrogen and oxygen atoms in total. The van der Waals surface area contributed by atoms with Crippen LogP contribution in [0, 0.1) is 5.41 Å². The quantitative estimate of drug-likeness (QED) is 0.603. The van der Waals surface area contributed by atoms with E-state index >= 15 is 0 Å². The van der Waals surface area contributed by atoms with Crippen molar-refractivity contribution in [1.82, 2.24) is 5.43 Å². The maximum atomic E-state index is 11.7. The fourth-order valence-electron chi connectivity index (χ4n) is 1.64. The Morgan fingerprint density at radius 1 is 1.11 bits per heavy atom. The molecule has 0 aliphatic rings. The van der Waals surface area contributed by atoms with Crippen molar-refractivity contribution < 1.29 is 0 Å². The van der Waals surface area contributed by atoms with E-state index in [1.165, 1.54) is 0 Å². The molecule has 2 aromatic rings. The number of rotatable bonds is 2. The van der Waals surface area contributed by atoms with Gasteiger partial charge in [-0.1, -0.05) is 38.1 Å². The lowest BCUT2D eigenvalue weighted by atomic mass is 10.1. The van der Waals surface area contributed by atoms with E-state index in [-0.39, 0.29) is 10.7 Å². The third-order valence-corrected chi connectivity index (χ3v) is 2.45. The van der Waals surface area contributed by atoms with E-state index in [4.69, 9.17) is 5.41 Å². The maximum absolute atomic E-state index is 11.7. The molecule has 100 valence electrons. The van der Waals surface area contributed by atoms with Crippen LogP contribution in [0.5, 0.6) is 0 Å². The highest BCUT2D eigenvalue weighted by atomic mass is 16.2. The highest BCUT2D eigenvalue weighted by Crippen LogP contribution is 2.00. The summed E-state index contributed by atoms with van der Waals surface area (Å²) in [5.74, 6) is 0. The van der Waals surface area contributed by atoms with Crippen molar-refractivity contribution in [3.63, 3.8) is 0 Å². The van der Waals surface area contributed by atoms with Crippen LogP contribution < -0.4 is 27.0 Å². The first kappa shape index (κ1) is 14.8. The van der Waals surface area contributed by atoms with Crippen LogP contribution in [0.2, 0.25) is 0 Å². The lowest BCUT2D eigenvalue weighted by Crippen LogP contribution is -2.48. The summed E-state index contributed by atoms with van der Waals surface area (Å²) in [6.07, 6.45) is 0. The van der Waals surface area contributed by atoms with Gasteiger partial charge in [0.05, 0.1) is 0 Å². The predicted molar refractivity (Wildman–Crippen MR) is 75.3 cm³/mol. The van der Waals surface area contributed by atoms with Crippen LogP contribution in [0.3, 0.4) is 0 Å². The van der Waals surface area contributed by atoms with Crippen LogP contribution >= 0.6 is 0 Å². The minimum Gasteiger partial charge on any atom is -0.310 e. The molecule has 0 bridgehead atoms. The first-order chi connectivity index (χ1) is 9.16. The van der Waals surface area contributed by atoms with Gasteiger partial charge in [0.25, 0.3) is 5.43 Å². The zero-order chi connectivity index (χ0) is 14.4. The predicted octanol–water partition coefficient (Wildman–Crippen LogP) is 0.367. The highest BCUT2D eigenvalue weighted by molar-refractivity contribution is 5.81. The average molecular weight is 259 g/mol. The van der Waals surface area contributed by atoms with Crippen LogP contribution in [0.4, 0.5) is 0 Å². The van der Waals surface area contributed by atoms with Crippen LogP contribution in [0.25, 0.3) is 10.8 Å². The minimum absolute atomic E-state index is 0.229. The van der Waals surface area contributed by atoms with Gasteiger partial charge in [0.2, 0.25) is 5.43 Å². The van der Waals surface area contributed by atoms with Gasteiger partial charge in [0, 0.05) is 17.3 Å². The Morgan fingerprint density at radius 2 is 1.68 bits per heavy atom. The monoisotopic (exact) mass is 259 g/mol. The van der Waals surface area contributed by atoms with Crippen LogP contribution in [0.15, 0.2) is 39.0 Å². The second-order valence-electron chi connectivity index (χ2n) is 3.55. The fraction of sp³-hybridized carbons (Fsp3) is 0.286. The summed E-state index contributed by atoms with van der Waals surface area (Å²) in [5.41, 5.74) is 1.27. The minimum atomic E-state index is -0.805. The third-order valence-electron chi connectivity index (χ3n) is 2.45. The van der Waals surface area contributed by atoms with Crippen molar-refractivity contribution in [3.8, 4) is 0 Å². The molecule has 0 radical (unpaired) electrons. The molecular formula is C14H17N3O2. The van der Waals surface area contributed by atoms with Gasteiger partial charge in [0.15, 0.2) is 0 Å². The molecule has 2 aromatic carbocycles. The van der Waals surface area contributed by atoms with E-state index in [9.17, 15) is 9.59 Å². The maximum Gasteiger partial charge on any atom is 0.253 e. The second kappa shape index (κ2) is 6.58. The summed E-state index contributed by atoms with van der Waals surface area (Å²) < 4.78 is 0. The summed E-state index contributed by atoms with van der Waals surface area (Å²) in [7, 11) is 0. The third kappa shape index (κ3) is 2.76. The Balaban J connectivity index is 0.000000861. The largest absolute Gasteiger partial charge is 0.310 e. The number of nitrogens with zero attached hydrogens (tertiary/aromatic N) is 1. The number of hydrogen-bond donors (Lipinski definition) is 2. The molecule has 0 unspecified atom stereocenters. The SMILES string of the molecule is CC.CCN/N=c1\c(=N)c(=O)c(=O)c2ccccc12. The van der Waals surface area contributed by atoms with Gasteiger partial charge in [-0.3, -0.25) is 15.0 Å². The van der Waals surface area contributed by atoms with E-state index < -0.39 is 10.9 Å². The van der Waals surface area contributed by atoms with E-state index in [1.54, 1.807) is 24.3 Å². The van der Waals surface area contributed by atoms with E-state index in [1.807, 2.05) is 20.8 Å². The lowest BCUT2D eigenvalue weighted by molar-refractivity contribution is 0.753. The van der Waals surface area contributed by atoms with Crippen LogP contribution in [-0.2, 0) is 0 Å². The Bertz CT molecular complexity index is 772. The molecule has 0 aliphatic heterocycles. The van der Waals surface area contributed by atoms with Crippen molar-refractivity contribution in [2.75, 3.05) is 6.54 Å². The normalized spacial score (nSPS) is 11.0. The Hall–Kier alpha value is -2.30. The Kier molecular flexibility index (Phi) is 5.11. The van der Waals surface area contributed by atoms with Crippen molar-refractivity contribution in [3.05, 3.63) is 55.4 Å². The topological polar surface area (TPSA) is 82.4 Å². The van der Waals surface area contributed by atoms with Gasteiger partial charge in [-0.2, -0.15) is 5.10 Å². The molecule has 0 amide bonds. The van der Waals surface area contributed by atoms with Gasteiger partial charge in [-0.15, -0.1) is 0 Å². The summed E-state index contributed by atoms with van der Waals surface area (Å²) in [6.45, 7) is 6.44. The lowest BCUT2D eigenvalue weighted by Gasteiger charge is -1.97.